The number of carbonyl (C=O) groups is 2. The van der Waals surface area contributed by atoms with Gasteiger partial charge in [0.05, 0.1) is 7.11 Å². The molecule has 1 aromatic rings. The van der Waals surface area contributed by atoms with Crippen molar-refractivity contribution in [3.8, 4) is 11.5 Å². The number of hydrogen-bond acceptors (Lipinski definition) is 5. The van der Waals surface area contributed by atoms with Gasteiger partial charge in [-0.3, -0.25) is 14.5 Å². The van der Waals surface area contributed by atoms with Gasteiger partial charge in [-0.05, 0) is 32.3 Å². The molecule has 148 valence electrons. The number of ether oxygens (including phenoxy) is 2. The minimum Gasteiger partial charge on any atom is -0.497 e. The summed E-state index contributed by atoms with van der Waals surface area (Å²) in [4.78, 5) is 26.5. The molecular weight excluding hydrogens is 346 g/mol. The van der Waals surface area contributed by atoms with E-state index in [-0.39, 0.29) is 17.9 Å². The van der Waals surface area contributed by atoms with E-state index in [4.69, 9.17) is 9.47 Å². The minimum absolute atomic E-state index is 0.0223. The third kappa shape index (κ3) is 5.35. The molecule has 2 aliphatic heterocycles. The Morgan fingerprint density at radius 3 is 3.07 bits per heavy atom. The van der Waals surface area contributed by atoms with Gasteiger partial charge >= 0.3 is 0 Å². The Hall–Kier alpha value is -2.28. The van der Waals surface area contributed by atoms with Crippen LogP contribution in [-0.4, -0.2) is 55.6 Å². The van der Waals surface area contributed by atoms with Crippen LogP contribution < -0.4 is 20.1 Å². The number of nitrogens with zero attached hydrogens (tertiary/aromatic N) is 1. The van der Waals surface area contributed by atoms with Gasteiger partial charge < -0.3 is 20.1 Å². The number of amides is 2. The summed E-state index contributed by atoms with van der Waals surface area (Å²) in [5.41, 5.74) is 1.09. The van der Waals surface area contributed by atoms with E-state index >= 15 is 0 Å². The van der Waals surface area contributed by atoms with Crippen molar-refractivity contribution in [2.24, 2.45) is 0 Å². The summed E-state index contributed by atoms with van der Waals surface area (Å²) >= 11 is 0. The lowest BCUT2D eigenvalue weighted by atomic mass is 10.1. The lowest BCUT2D eigenvalue weighted by molar-refractivity contribution is -0.129. The molecule has 1 saturated heterocycles. The molecule has 1 unspecified atom stereocenters. The average Bonchev–Trinajstić information content (AvgIpc) is 2.94. The molecule has 0 spiro atoms. The van der Waals surface area contributed by atoms with Crippen LogP contribution in [0.15, 0.2) is 18.2 Å². The van der Waals surface area contributed by atoms with E-state index in [1.807, 2.05) is 25.1 Å². The molecular formula is C20H29N3O4. The highest BCUT2D eigenvalue weighted by atomic mass is 16.5. The number of rotatable bonds is 5. The van der Waals surface area contributed by atoms with Crippen LogP contribution in [0.3, 0.4) is 0 Å². The predicted octanol–water partition coefficient (Wildman–Crippen LogP) is 1.45. The molecule has 1 aromatic carbocycles. The van der Waals surface area contributed by atoms with Crippen molar-refractivity contribution in [1.29, 1.82) is 0 Å². The minimum atomic E-state index is -0.403. The van der Waals surface area contributed by atoms with Crippen LogP contribution in [0.25, 0.3) is 0 Å². The molecule has 2 amide bonds. The molecule has 27 heavy (non-hydrogen) atoms. The smallest absolute Gasteiger partial charge is 0.242 e. The first-order chi connectivity index (χ1) is 13.0. The number of benzene rings is 1. The van der Waals surface area contributed by atoms with E-state index in [0.29, 0.717) is 25.9 Å². The maximum Gasteiger partial charge on any atom is 0.242 e. The van der Waals surface area contributed by atoms with Crippen molar-refractivity contribution >= 4 is 11.8 Å². The molecule has 2 aliphatic rings. The van der Waals surface area contributed by atoms with Gasteiger partial charge in [-0.25, -0.2) is 0 Å². The molecule has 2 atom stereocenters. The summed E-state index contributed by atoms with van der Waals surface area (Å²) in [7, 11) is 1.64. The van der Waals surface area contributed by atoms with Gasteiger partial charge in [0, 0.05) is 44.2 Å². The summed E-state index contributed by atoms with van der Waals surface area (Å²) in [6.45, 7) is 4.81. The van der Waals surface area contributed by atoms with Gasteiger partial charge in [0.15, 0.2) is 0 Å². The SMILES string of the molecule is COc1ccc2c(c1)OC(C)CN(CCC(=O)N[C@H]1CCCCNC1=O)C2. The Kier molecular flexibility index (Phi) is 6.55. The Balaban J connectivity index is 1.55. The van der Waals surface area contributed by atoms with Crippen LogP contribution in [0.4, 0.5) is 0 Å². The fourth-order valence-corrected chi connectivity index (χ4v) is 3.60. The summed E-state index contributed by atoms with van der Waals surface area (Å²) < 4.78 is 11.3. The fourth-order valence-electron chi connectivity index (χ4n) is 3.60. The molecule has 0 saturated carbocycles. The molecule has 2 heterocycles. The zero-order chi connectivity index (χ0) is 19.2. The first-order valence-corrected chi connectivity index (χ1v) is 9.68. The lowest BCUT2D eigenvalue weighted by Gasteiger charge is -2.22. The largest absolute Gasteiger partial charge is 0.497 e. The fraction of sp³-hybridized carbons (Fsp3) is 0.600. The normalized spacial score (nSPS) is 23.3. The molecule has 2 N–H and O–H groups in total. The number of carbonyl (C=O) groups excluding carboxylic acids is 2. The molecule has 0 aromatic heterocycles. The van der Waals surface area contributed by atoms with E-state index in [0.717, 1.165) is 43.0 Å². The van der Waals surface area contributed by atoms with Crippen molar-refractivity contribution in [1.82, 2.24) is 15.5 Å². The molecule has 0 radical (unpaired) electrons. The van der Waals surface area contributed by atoms with E-state index in [1.54, 1.807) is 7.11 Å². The van der Waals surface area contributed by atoms with Gasteiger partial charge in [-0.1, -0.05) is 6.07 Å². The highest BCUT2D eigenvalue weighted by Crippen LogP contribution is 2.29. The van der Waals surface area contributed by atoms with Crippen LogP contribution in [0.5, 0.6) is 11.5 Å². The van der Waals surface area contributed by atoms with Crippen LogP contribution in [0, 0.1) is 0 Å². The standard InChI is InChI=1S/C20H29N3O4/c1-14-12-23(13-15-6-7-16(26-2)11-18(15)27-14)10-8-19(24)22-17-5-3-4-9-21-20(17)25/h6-7,11,14,17H,3-5,8-10,12-13H2,1-2H3,(H,21,25)(H,22,24)/t14?,17-/m0/s1. The molecule has 0 aliphatic carbocycles. The zero-order valence-electron chi connectivity index (χ0n) is 16.1. The van der Waals surface area contributed by atoms with Crippen molar-refractivity contribution in [3.05, 3.63) is 23.8 Å². The second-order valence-electron chi connectivity index (χ2n) is 7.29. The second kappa shape index (κ2) is 9.08. The van der Waals surface area contributed by atoms with Crippen molar-refractivity contribution in [2.45, 2.75) is 51.3 Å². The number of methoxy groups -OCH3 is 1. The van der Waals surface area contributed by atoms with E-state index in [9.17, 15) is 9.59 Å². The predicted molar refractivity (Wildman–Crippen MR) is 102 cm³/mol. The first-order valence-electron chi connectivity index (χ1n) is 9.68. The van der Waals surface area contributed by atoms with Crippen molar-refractivity contribution in [2.75, 3.05) is 26.7 Å². The van der Waals surface area contributed by atoms with E-state index in [2.05, 4.69) is 15.5 Å². The summed E-state index contributed by atoms with van der Waals surface area (Å²) in [5.74, 6) is 1.46. The molecule has 1 fully saturated rings. The molecule has 7 heteroatoms. The topological polar surface area (TPSA) is 79.9 Å². The highest BCUT2D eigenvalue weighted by Gasteiger charge is 2.24. The lowest BCUT2D eigenvalue weighted by Crippen LogP contribution is -2.46. The van der Waals surface area contributed by atoms with Crippen molar-refractivity contribution in [3.63, 3.8) is 0 Å². The Morgan fingerprint density at radius 2 is 2.26 bits per heavy atom. The van der Waals surface area contributed by atoms with Crippen LogP contribution in [-0.2, 0) is 16.1 Å². The molecule has 7 nitrogen and oxygen atoms in total. The van der Waals surface area contributed by atoms with Gasteiger partial charge in [-0.2, -0.15) is 0 Å². The van der Waals surface area contributed by atoms with Gasteiger partial charge in [0.2, 0.25) is 11.8 Å². The number of hydrogen-bond donors (Lipinski definition) is 2. The highest BCUT2D eigenvalue weighted by molar-refractivity contribution is 5.87. The Labute approximate surface area is 160 Å². The van der Waals surface area contributed by atoms with Crippen LogP contribution >= 0.6 is 0 Å². The van der Waals surface area contributed by atoms with Crippen molar-refractivity contribution < 1.29 is 19.1 Å². The summed E-state index contributed by atoms with van der Waals surface area (Å²) in [6.07, 6.45) is 3.01. The Morgan fingerprint density at radius 1 is 1.41 bits per heavy atom. The first kappa shape index (κ1) is 19.5. The molecule has 3 rings (SSSR count). The zero-order valence-corrected chi connectivity index (χ0v) is 16.1. The monoisotopic (exact) mass is 375 g/mol. The molecule has 0 bridgehead atoms. The van der Waals surface area contributed by atoms with Crippen LogP contribution in [0.1, 0.15) is 38.2 Å². The van der Waals surface area contributed by atoms with Crippen LogP contribution in [0.2, 0.25) is 0 Å². The Bertz CT molecular complexity index is 679. The van der Waals surface area contributed by atoms with Gasteiger partial charge in [0.25, 0.3) is 0 Å². The van der Waals surface area contributed by atoms with E-state index < -0.39 is 6.04 Å². The summed E-state index contributed by atoms with van der Waals surface area (Å²) in [6, 6.07) is 5.44. The van der Waals surface area contributed by atoms with E-state index in [1.165, 1.54) is 0 Å². The summed E-state index contributed by atoms with van der Waals surface area (Å²) in [5, 5.41) is 5.73. The number of fused-ring (bicyclic) bond motifs is 1. The average molecular weight is 375 g/mol. The number of nitrogens with one attached hydrogen (secondary N) is 2. The third-order valence-electron chi connectivity index (χ3n) is 5.04. The van der Waals surface area contributed by atoms with Gasteiger partial charge in [0.1, 0.15) is 23.6 Å². The second-order valence-corrected chi connectivity index (χ2v) is 7.29. The maximum absolute atomic E-state index is 12.3. The quantitative estimate of drug-likeness (QED) is 0.814. The third-order valence-corrected chi connectivity index (χ3v) is 5.04. The van der Waals surface area contributed by atoms with Gasteiger partial charge in [-0.15, -0.1) is 0 Å². The maximum atomic E-state index is 12.3.